The van der Waals surface area contributed by atoms with E-state index in [1.165, 1.54) is 56.3 Å². The van der Waals surface area contributed by atoms with Crippen LogP contribution < -0.4 is 11.1 Å². The van der Waals surface area contributed by atoms with Crippen LogP contribution in [0.1, 0.15) is 91.9 Å². The smallest absolute Gasteiger partial charge is 0.251 e. The number of carbonyl (C=O) groups is 2. The normalized spacial score (nSPS) is 10.8. The molecule has 0 spiro atoms. The number of thiophene rings is 1. The third-order valence-electron chi connectivity index (χ3n) is 4.39. The minimum absolute atomic E-state index is 0.0262. The van der Waals surface area contributed by atoms with Gasteiger partial charge in [0.25, 0.3) is 5.91 Å². The van der Waals surface area contributed by atoms with Gasteiger partial charge in [-0.1, -0.05) is 58.3 Å². The highest BCUT2D eigenvalue weighted by Gasteiger charge is 2.18. The monoisotopic (exact) mass is 352 g/mol. The van der Waals surface area contributed by atoms with Gasteiger partial charge in [-0.05, 0) is 25.8 Å². The van der Waals surface area contributed by atoms with E-state index >= 15 is 0 Å². The minimum atomic E-state index is -0.477. The van der Waals surface area contributed by atoms with Crippen molar-refractivity contribution >= 4 is 28.2 Å². The number of rotatable bonds is 12. The second kappa shape index (κ2) is 11.2. The molecule has 1 aromatic rings. The maximum absolute atomic E-state index is 12.1. The van der Waals surface area contributed by atoms with E-state index in [-0.39, 0.29) is 5.91 Å². The molecule has 0 unspecified atom stereocenters. The molecule has 1 rings (SSSR count). The van der Waals surface area contributed by atoms with Crippen molar-refractivity contribution in [2.45, 2.75) is 85.0 Å². The van der Waals surface area contributed by atoms with E-state index in [4.69, 9.17) is 5.73 Å². The highest BCUT2D eigenvalue weighted by Crippen LogP contribution is 2.32. The summed E-state index contributed by atoms with van der Waals surface area (Å²) in [7, 11) is 0. The molecular formula is C19H32N2O2S. The zero-order valence-electron chi connectivity index (χ0n) is 15.4. The molecule has 4 nitrogen and oxygen atoms in total. The third kappa shape index (κ3) is 7.04. The van der Waals surface area contributed by atoms with Gasteiger partial charge in [0, 0.05) is 11.3 Å². The van der Waals surface area contributed by atoms with Crippen molar-refractivity contribution in [3.63, 3.8) is 0 Å². The Hall–Kier alpha value is -1.36. The Balaban J connectivity index is 2.23. The predicted molar refractivity (Wildman–Crippen MR) is 103 cm³/mol. The minimum Gasteiger partial charge on any atom is -0.365 e. The van der Waals surface area contributed by atoms with E-state index in [1.807, 2.05) is 13.8 Å². The lowest BCUT2D eigenvalue weighted by molar-refractivity contribution is -0.116. The summed E-state index contributed by atoms with van der Waals surface area (Å²) >= 11 is 1.42. The lowest BCUT2D eigenvalue weighted by Gasteiger charge is -2.05. The molecule has 0 fully saturated rings. The second-order valence-electron chi connectivity index (χ2n) is 6.48. The molecule has 5 heteroatoms. The number of hydrogen-bond donors (Lipinski definition) is 2. The van der Waals surface area contributed by atoms with Crippen LogP contribution in [0.3, 0.4) is 0 Å². The molecule has 0 aliphatic heterocycles. The number of aryl methyl sites for hydroxylation is 1. The Morgan fingerprint density at radius 3 is 2.04 bits per heavy atom. The molecule has 0 aromatic carbocycles. The van der Waals surface area contributed by atoms with E-state index in [0.29, 0.717) is 17.0 Å². The number of nitrogens with one attached hydrogen (secondary N) is 1. The van der Waals surface area contributed by atoms with Gasteiger partial charge in [-0.15, -0.1) is 11.3 Å². The van der Waals surface area contributed by atoms with Crippen LogP contribution in [0.15, 0.2) is 0 Å². The van der Waals surface area contributed by atoms with Crippen molar-refractivity contribution in [1.82, 2.24) is 0 Å². The number of nitrogens with two attached hydrogens (primary N) is 1. The number of hydrogen-bond acceptors (Lipinski definition) is 3. The van der Waals surface area contributed by atoms with Crippen LogP contribution in [0.2, 0.25) is 0 Å². The Labute approximate surface area is 150 Å². The number of anilines is 1. The first kappa shape index (κ1) is 20.7. The summed E-state index contributed by atoms with van der Waals surface area (Å²) < 4.78 is 0. The maximum atomic E-state index is 12.1. The number of primary amides is 1. The average Bonchev–Trinajstić information content (AvgIpc) is 2.80. The number of unbranched alkanes of at least 4 members (excludes halogenated alkanes) is 8. The van der Waals surface area contributed by atoms with Crippen LogP contribution >= 0.6 is 11.3 Å². The van der Waals surface area contributed by atoms with Gasteiger partial charge in [0.2, 0.25) is 5.91 Å². The highest BCUT2D eigenvalue weighted by molar-refractivity contribution is 7.16. The Morgan fingerprint density at radius 2 is 1.50 bits per heavy atom. The molecule has 0 aliphatic carbocycles. The molecule has 0 aliphatic rings. The van der Waals surface area contributed by atoms with Crippen molar-refractivity contribution in [3.05, 3.63) is 16.0 Å². The molecule has 136 valence electrons. The standard InChI is InChI=1S/C19H32N2O2S/c1-4-5-6-7-8-9-10-11-12-13-16(22)21-19-17(18(20)23)14(2)15(3)24-19/h4-13H2,1-3H3,(H2,20,23)(H,21,22). The van der Waals surface area contributed by atoms with Gasteiger partial charge >= 0.3 is 0 Å². The highest BCUT2D eigenvalue weighted by atomic mass is 32.1. The molecule has 0 bridgehead atoms. The Kier molecular flexibility index (Phi) is 9.69. The maximum Gasteiger partial charge on any atom is 0.251 e. The molecule has 1 heterocycles. The molecule has 0 atom stereocenters. The fourth-order valence-corrected chi connectivity index (χ4v) is 3.88. The van der Waals surface area contributed by atoms with Gasteiger partial charge in [0.15, 0.2) is 0 Å². The van der Waals surface area contributed by atoms with E-state index in [2.05, 4.69) is 12.2 Å². The molecule has 0 saturated heterocycles. The van der Waals surface area contributed by atoms with E-state index in [0.717, 1.165) is 23.3 Å². The Bertz CT molecular complexity index is 538. The van der Waals surface area contributed by atoms with Gasteiger partial charge in [-0.25, -0.2) is 0 Å². The lowest BCUT2D eigenvalue weighted by atomic mass is 10.1. The number of carbonyl (C=O) groups excluding carboxylic acids is 2. The summed E-state index contributed by atoms with van der Waals surface area (Å²) in [6.45, 7) is 6.03. The predicted octanol–water partition coefficient (Wildman–Crippen LogP) is 5.32. The molecule has 24 heavy (non-hydrogen) atoms. The van der Waals surface area contributed by atoms with Gasteiger partial charge in [-0.3, -0.25) is 9.59 Å². The zero-order chi connectivity index (χ0) is 17.9. The van der Waals surface area contributed by atoms with E-state index in [9.17, 15) is 9.59 Å². The first-order chi connectivity index (χ1) is 11.5. The van der Waals surface area contributed by atoms with Crippen LogP contribution in [0.25, 0.3) is 0 Å². The van der Waals surface area contributed by atoms with Gasteiger partial charge in [0.05, 0.1) is 5.56 Å². The SMILES string of the molecule is CCCCCCCCCCCC(=O)Nc1sc(C)c(C)c1C(N)=O. The zero-order valence-corrected chi connectivity index (χ0v) is 16.2. The van der Waals surface area contributed by atoms with Gasteiger partial charge in [-0.2, -0.15) is 0 Å². The topological polar surface area (TPSA) is 72.2 Å². The summed E-state index contributed by atoms with van der Waals surface area (Å²) in [6.07, 6.45) is 11.6. The van der Waals surface area contributed by atoms with Crippen molar-refractivity contribution in [1.29, 1.82) is 0 Å². The summed E-state index contributed by atoms with van der Waals surface area (Å²) in [5, 5.41) is 3.45. The van der Waals surface area contributed by atoms with Crippen LogP contribution in [-0.2, 0) is 4.79 Å². The second-order valence-corrected chi connectivity index (χ2v) is 7.70. The quantitative estimate of drug-likeness (QED) is 0.499. The summed E-state index contributed by atoms with van der Waals surface area (Å²) in [4.78, 5) is 24.6. The Morgan fingerprint density at radius 1 is 0.958 bits per heavy atom. The van der Waals surface area contributed by atoms with E-state index < -0.39 is 5.91 Å². The van der Waals surface area contributed by atoms with Crippen LogP contribution in [0.5, 0.6) is 0 Å². The molecule has 0 radical (unpaired) electrons. The molecular weight excluding hydrogens is 320 g/mol. The van der Waals surface area contributed by atoms with Crippen molar-refractivity contribution in [3.8, 4) is 0 Å². The fraction of sp³-hybridized carbons (Fsp3) is 0.684. The first-order valence-electron chi connectivity index (χ1n) is 9.17. The van der Waals surface area contributed by atoms with Crippen molar-refractivity contribution in [2.75, 3.05) is 5.32 Å². The molecule has 0 saturated carbocycles. The first-order valence-corrected chi connectivity index (χ1v) is 9.98. The van der Waals surface area contributed by atoms with Crippen LogP contribution in [0, 0.1) is 13.8 Å². The lowest BCUT2D eigenvalue weighted by Crippen LogP contribution is -2.17. The summed E-state index contributed by atoms with van der Waals surface area (Å²) in [5.74, 6) is -0.503. The van der Waals surface area contributed by atoms with Crippen molar-refractivity contribution < 1.29 is 9.59 Å². The number of amides is 2. The van der Waals surface area contributed by atoms with Crippen LogP contribution in [0.4, 0.5) is 5.00 Å². The van der Waals surface area contributed by atoms with Gasteiger partial charge in [0.1, 0.15) is 5.00 Å². The van der Waals surface area contributed by atoms with Crippen molar-refractivity contribution in [2.24, 2.45) is 5.73 Å². The van der Waals surface area contributed by atoms with E-state index in [1.54, 1.807) is 0 Å². The summed E-state index contributed by atoms with van der Waals surface area (Å²) in [6, 6.07) is 0. The fourth-order valence-electron chi connectivity index (χ4n) is 2.80. The molecule has 1 aromatic heterocycles. The average molecular weight is 353 g/mol. The largest absolute Gasteiger partial charge is 0.365 e. The third-order valence-corrected chi connectivity index (χ3v) is 5.51. The summed E-state index contributed by atoms with van der Waals surface area (Å²) in [5.41, 5.74) is 6.74. The van der Waals surface area contributed by atoms with Crippen LogP contribution in [-0.4, -0.2) is 11.8 Å². The van der Waals surface area contributed by atoms with Gasteiger partial charge < -0.3 is 11.1 Å². The molecule has 2 amide bonds. The molecule has 3 N–H and O–H groups in total.